The number of hydrogen-bond donors (Lipinski definition) is 0. The van der Waals surface area contributed by atoms with Crippen LogP contribution in [0.15, 0.2) is 30.7 Å². The fraction of sp³-hybridized carbons (Fsp3) is 0.741. The van der Waals surface area contributed by atoms with Crippen LogP contribution in [0.4, 0.5) is 0 Å². The molecule has 0 radical (unpaired) electrons. The van der Waals surface area contributed by atoms with E-state index in [9.17, 15) is 4.79 Å². The molecule has 33 heavy (non-hydrogen) atoms. The van der Waals surface area contributed by atoms with E-state index in [-0.39, 0.29) is 12.1 Å². The van der Waals surface area contributed by atoms with E-state index in [0.29, 0.717) is 25.3 Å². The molecule has 2 rings (SSSR count). The van der Waals surface area contributed by atoms with E-state index in [1.165, 1.54) is 70.6 Å². The topological polar surface area (TPSA) is 70.5 Å². The molecule has 2 heterocycles. The summed E-state index contributed by atoms with van der Waals surface area (Å²) < 4.78 is 17.1. The Hall–Kier alpha value is -1.79. The molecule has 0 unspecified atom stereocenters. The first-order valence-corrected chi connectivity index (χ1v) is 13.0. The molecule has 1 aliphatic rings. The molecule has 0 amide bonds. The number of aromatic nitrogens is 2. The Bertz CT molecular complexity index is 657. The van der Waals surface area contributed by atoms with Crippen molar-refractivity contribution >= 4 is 5.97 Å². The first-order chi connectivity index (χ1) is 16.1. The minimum Gasteiger partial charge on any atom is -0.457 e. The quantitative estimate of drug-likeness (QED) is 0.147. The predicted octanol–water partition coefficient (Wildman–Crippen LogP) is 6.65. The number of carbonyl (C=O) groups excluding carboxylic acids is 1. The lowest BCUT2D eigenvalue weighted by molar-refractivity contribution is -0.295. The van der Waals surface area contributed by atoms with E-state index in [4.69, 9.17) is 14.2 Å². The molecule has 1 aliphatic heterocycles. The summed E-state index contributed by atoms with van der Waals surface area (Å²) >= 11 is 0. The lowest BCUT2D eigenvalue weighted by atomic mass is 10.1. The Labute approximate surface area is 200 Å². The van der Waals surface area contributed by atoms with Crippen molar-refractivity contribution < 1.29 is 19.0 Å². The summed E-state index contributed by atoms with van der Waals surface area (Å²) in [5, 5.41) is 0. The van der Waals surface area contributed by atoms with E-state index in [1.54, 1.807) is 25.5 Å². The second kappa shape index (κ2) is 16.8. The maximum Gasteiger partial charge on any atom is 0.306 e. The number of allylic oxidation sites excluding steroid dienone is 2. The summed E-state index contributed by atoms with van der Waals surface area (Å²) in [5.41, 5.74) is 0.614. The van der Waals surface area contributed by atoms with Gasteiger partial charge in [0.25, 0.3) is 0 Å². The second-order valence-electron chi connectivity index (χ2n) is 9.10. The third-order valence-electron chi connectivity index (χ3n) is 6.06. The van der Waals surface area contributed by atoms with Gasteiger partial charge in [0.2, 0.25) is 5.79 Å². The first kappa shape index (κ1) is 27.5. The average Bonchev–Trinajstić information content (AvgIpc) is 2.84. The van der Waals surface area contributed by atoms with Gasteiger partial charge in [0.05, 0.1) is 19.4 Å². The lowest BCUT2D eigenvalue weighted by Crippen LogP contribution is -2.44. The molecule has 0 atom stereocenters. The number of esters is 1. The number of carbonyl (C=O) groups is 1. The Balaban J connectivity index is 1.41. The van der Waals surface area contributed by atoms with Crippen LogP contribution in [0, 0.1) is 0 Å². The van der Waals surface area contributed by atoms with Crippen LogP contribution in [0.2, 0.25) is 0 Å². The minimum absolute atomic E-state index is 0.173. The Kier molecular flexibility index (Phi) is 13.9. The van der Waals surface area contributed by atoms with Gasteiger partial charge in [-0.05, 0) is 39.0 Å². The van der Waals surface area contributed by atoms with Crippen molar-refractivity contribution in [3.05, 3.63) is 36.4 Å². The van der Waals surface area contributed by atoms with E-state index in [2.05, 4.69) is 29.0 Å². The molecule has 0 aliphatic carbocycles. The molecule has 1 aromatic rings. The van der Waals surface area contributed by atoms with Crippen molar-refractivity contribution in [1.29, 1.82) is 0 Å². The highest BCUT2D eigenvalue weighted by Crippen LogP contribution is 2.29. The van der Waals surface area contributed by atoms with Crippen LogP contribution in [-0.2, 0) is 24.8 Å². The highest BCUT2D eigenvalue weighted by atomic mass is 16.7. The van der Waals surface area contributed by atoms with E-state index >= 15 is 0 Å². The Morgan fingerprint density at radius 2 is 1.58 bits per heavy atom. The van der Waals surface area contributed by atoms with Gasteiger partial charge < -0.3 is 14.2 Å². The summed E-state index contributed by atoms with van der Waals surface area (Å²) in [6, 6.07) is 0. The predicted molar refractivity (Wildman–Crippen MR) is 131 cm³/mol. The first-order valence-electron chi connectivity index (χ1n) is 13.0. The smallest absolute Gasteiger partial charge is 0.306 e. The van der Waals surface area contributed by atoms with Crippen LogP contribution in [0.3, 0.4) is 0 Å². The van der Waals surface area contributed by atoms with E-state index < -0.39 is 5.79 Å². The average molecular weight is 461 g/mol. The van der Waals surface area contributed by atoms with Gasteiger partial charge in [-0.2, -0.15) is 0 Å². The molecular weight excluding hydrogens is 416 g/mol. The van der Waals surface area contributed by atoms with Gasteiger partial charge in [0.1, 0.15) is 11.8 Å². The molecule has 6 heteroatoms. The van der Waals surface area contributed by atoms with Gasteiger partial charge in [-0.1, -0.05) is 70.4 Å². The molecule has 1 fully saturated rings. The normalized spacial score (nSPS) is 20.8. The van der Waals surface area contributed by atoms with Crippen LogP contribution in [0.5, 0.6) is 0 Å². The summed E-state index contributed by atoms with van der Waals surface area (Å²) in [4.78, 5) is 20.4. The molecular formula is C27H44N2O4. The zero-order valence-electron chi connectivity index (χ0n) is 20.8. The molecule has 0 N–H and O–H groups in total. The number of ether oxygens (including phenoxy) is 3. The van der Waals surface area contributed by atoms with Gasteiger partial charge in [-0.3, -0.25) is 14.8 Å². The standard InChI is InChI=1S/C27H44N2O4/c1-3-4-5-6-7-8-9-10-11-12-13-14-15-16-17-18-26(30)33-24-22-31-27(2,32-23-24)25-21-28-19-20-29-25/h10-11,19-21,24H,3-9,12-18,22-23H2,1-2H3. The van der Waals surface area contributed by atoms with Crippen molar-refractivity contribution in [3.63, 3.8) is 0 Å². The Morgan fingerprint density at radius 3 is 2.18 bits per heavy atom. The maximum absolute atomic E-state index is 12.1. The monoisotopic (exact) mass is 460 g/mol. The van der Waals surface area contributed by atoms with Gasteiger partial charge in [0.15, 0.2) is 0 Å². The lowest BCUT2D eigenvalue weighted by Gasteiger charge is -2.36. The van der Waals surface area contributed by atoms with Crippen molar-refractivity contribution in [3.8, 4) is 0 Å². The van der Waals surface area contributed by atoms with E-state index in [0.717, 1.165) is 12.8 Å². The minimum atomic E-state index is -0.944. The van der Waals surface area contributed by atoms with Crippen LogP contribution < -0.4 is 0 Å². The molecule has 0 aromatic carbocycles. The number of unbranched alkanes of at least 4 members (excludes halogenated alkanes) is 11. The highest BCUT2D eigenvalue weighted by molar-refractivity contribution is 5.69. The molecule has 186 valence electrons. The third-order valence-corrected chi connectivity index (χ3v) is 6.06. The molecule has 0 bridgehead atoms. The second-order valence-corrected chi connectivity index (χ2v) is 9.10. The van der Waals surface area contributed by atoms with Gasteiger partial charge in [-0.25, -0.2) is 0 Å². The summed E-state index contributed by atoms with van der Waals surface area (Å²) in [6.07, 6.45) is 25.8. The Morgan fingerprint density at radius 1 is 0.970 bits per heavy atom. The van der Waals surface area contributed by atoms with Crippen molar-refractivity contribution in [2.45, 2.75) is 116 Å². The van der Waals surface area contributed by atoms with Gasteiger partial charge in [-0.15, -0.1) is 0 Å². The number of rotatable bonds is 17. The zero-order valence-corrected chi connectivity index (χ0v) is 20.8. The maximum atomic E-state index is 12.1. The molecule has 0 saturated carbocycles. The van der Waals surface area contributed by atoms with Gasteiger partial charge >= 0.3 is 5.97 Å². The fourth-order valence-corrected chi connectivity index (χ4v) is 3.93. The number of hydrogen-bond acceptors (Lipinski definition) is 6. The summed E-state index contributed by atoms with van der Waals surface area (Å²) in [5.74, 6) is -1.12. The van der Waals surface area contributed by atoms with Crippen LogP contribution in [0.1, 0.15) is 109 Å². The zero-order chi connectivity index (χ0) is 23.6. The summed E-state index contributed by atoms with van der Waals surface area (Å²) in [7, 11) is 0. The van der Waals surface area contributed by atoms with Gasteiger partial charge in [0, 0.05) is 18.8 Å². The molecule has 0 spiro atoms. The van der Waals surface area contributed by atoms with Crippen LogP contribution in [0.25, 0.3) is 0 Å². The highest BCUT2D eigenvalue weighted by Gasteiger charge is 2.37. The van der Waals surface area contributed by atoms with Crippen LogP contribution in [-0.4, -0.2) is 35.3 Å². The largest absolute Gasteiger partial charge is 0.457 e. The third kappa shape index (κ3) is 11.8. The van der Waals surface area contributed by atoms with Crippen molar-refractivity contribution in [1.82, 2.24) is 9.97 Å². The fourth-order valence-electron chi connectivity index (χ4n) is 3.93. The molecule has 1 saturated heterocycles. The SMILES string of the molecule is CCCCCCCCC=CCCCCCCCC(=O)OC1COC(C)(c2cnccn2)OC1. The molecule has 6 nitrogen and oxygen atoms in total. The van der Waals surface area contributed by atoms with Crippen molar-refractivity contribution in [2.24, 2.45) is 0 Å². The summed E-state index contributed by atoms with van der Waals surface area (Å²) in [6.45, 7) is 4.66. The van der Waals surface area contributed by atoms with Crippen LogP contribution >= 0.6 is 0 Å². The van der Waals surface area contributed by atoms with E-state index in [1.807, 2.05) is 0 Å². The molecule has 1 aromatic heterocycles. The van der Waals surface area contributed by atoms with Crippen molar-refractivity contribution in [2.75, 3.05) is 13.2 Å². The number of nitrogens with zero attached hydrogens (tertiary/aromatic N) is 2.